The minimum Gasteiger partial charge on any atom is -0.493 e. The van der Waals surface area contributed by atoms with E-state index in [1.165, 1.54) is 37.9 Å². The summed E-state index contributed by atoms with van der Waals surface area (Å²) in [6.45, 7) is 5.27. The molecule has 28 heavy (non-hydrogen) atoms. The summed E-state index contributed by atoms with van der Waals surface area (Å²) in [5.74, 6) is 1.25. The van der Waals surface area contributed by atoms with Gasteiger partial charge in [-0.05, 0) is 68.2 Å². The largest absolute Gasteiger partial charge is 0.493 e. The second-order valence-electron chi connectivity index (χ2n) is 7.34. The number of benzene rings is 2. The van der Waals surface area contributed by atoms with Crippen LogP contribution in [0.2, 0.25) is 0 Å². The van der Waals surface area contributed by atoms with Gasteiger partial charge in [0, 0.05) is 12.1 Å². The number of rotatable bonds is 7. The molecule has 0 bridgehead atoms. The molecular formula is C23H30N2O3. The first-order valence-corrected chi connectivity index (χ1v) is 9.95. The van der Waals surface area contributed by atoms with Gasteiger partial charge in [-0.3, -0.25) is 9.69 Å². The summed E-state index contributed by atoms with van der Waals surface area (Å²) in [6.07, 6.45) is 3.91. The van der Waals surface area contributed by atoms with Gasteiger partial charge in [0.2, 0.25) is 0 Å². The Balaban J connectivity index is 1.60. The summed E-state index contributed by atoms with van der Waals surface area (Å²) in [4.78, 5) is 15.1. The third-order valence-corrected chi connectivity index (χ3v) is 5.33. The van der Waals surface area contributed by atoms with Crippen LogP contribution in [0.15, 0.2) is 42.5 Å². The first-order chi connectivity index (χ1) is 13.6. The van der Waals surface area contributed by atoms with Crippen molar-refractivity contribution in [2.45, 2.75) is 38.8 Å². The summed E-state index contributed by atoms with van der Waals surface area (Å²) in [7, 11) is 3.22. The molecule has 1 aliphatic rings. The van der Waals surface area contributed by atoms with Crippen molar-refractivity contribution in [1.29, 1.82) is 0 Å². The van der Waals surface area contributed by atoms with E-state index in [0.717, 1.165) is 12.1 Å². The first-order valence-electron chi connectivity index (χ1n) is 9.95. The topological polar surface area (TPSA) is 50.8 Å². The number of nitrogens with one attached hydrogen (secondary N) is 1. The van der Waals surface area contributed by atoms with E-state index >= 15 is 0 Å². The number of hydrogen-bond donors (Lipinski definition) is 1. The smallest absolute Gasteiger partial charge is 0.251 e. The number of ether oxygens (including phenoxy) is 2. The summed E-state index contributed by atoms with van der Waals surface area (Å²) in [6, 6.07) is 13.5. The lowest BCUT2D eigenvalue weighted by molar-refractivity contribution is 0.0940. The predicted octanol–water partition coefficient (Wildman–Crippen LogP) is 4.18. The second-order valence-corrected chi connectivity index (χ2v) is 7.34. The highest BCUT2D eigenvalue weighted by molar-refractivity contribution is 5.94. The molecule has 0 unspecified atom stereocenters. The van der Waals surface area contributed by atoms with Crippen molar-refractivity contribution in [3.8, 4) is 11.5 Å². The Morgan fingerprint density at radius 3 is 2.32 bits per heavy atom. The molecule has 0 spiro atoms. The van der Waals surface area contributed by atoms with Crippen molar-refractivity contribution in [3.05, 3.63) is 59.2 Å². The number of nitrogens with zero attached hydrogens (tertiary/aromatic N) is 1. The van der Waals surface area contributed by atoms with Crippen molar-refractivity contribution in [3.63, 3.8) is 0 Å². The van der Waals surface area contributed by atoms with Crippen LogP contribution in [0.5, 0.6) is 11.5 Å². The minimum atomic E-state index is -0.139. The fraction of sp³-hybridized carbons (Fsp3) is 0.435. The molecule has 5 nitrogen and oxygen atoms in total. The van der Waals surface area contributed by atoms with Gasteiger partial charge < -0.3 is 14.8 Å². The Labute approximate surface area is 167 Å². The number of amides is 1. The van der Waals surface area contributed by atoms with E-state index in [0.29, 0.717) is 17.1 Å². The fourth-order valence-corrected chi connectivity index (χ4v) is 3.62. The van der Waals surface area contributed by atoms with Gasteiger partial charge in [-0.25, -0.2) is 0 Å². The third-order valence-electron chi connectivity index (χ3n) is 5.33. The predicted molar refractivity (Wildman–Crippen MR) is 111 cm³/mol. The average Bonchev–Trinajstić information content (AvgIpc) is 2.74. The Bertz CT molecular complexity index is 783. The van der Waals surface area contributed by atoms with Crippen LogP contribution in [-0.4, -0.2) is 38.1 Å². The third kappa shape index (κ3) is 5.04. The zero-order chi connectivity index (χ0) is 19.9. The molecular weight excluding hydrogens is 352 g/mol. The van der Waals surface area contributed by atoms with E-state index in [2.05, 4.69) is 22.3 Å². The van der Waals surface area contributed by atoms with Gasteiger partial charge in [-0.2, -0.15) is 0 Å². The molecule has 3 rings (SSSR count). The van der Waals surface area contributed by atoms with Crippen LogP contribution in [-0.2, 0) is 6.54 Å². The van der Waals surface area contributed by atoms with E-state index in [1.54, 1.807) is 14.2 Å². The number of carbonyl (C=O) groups is 1. The maximum absolute atomic E-state index is 12.6. The van der Waals surface area contributed by atoms with Crippen LogP contribution < -0.4 is 14.8 Å². The molecule has 150 valence electrons. The Kier molecular flexibility index (Phi) is 6.93. The Morgan fingerprint density at radius 2 is 1.68 bits per heavy atom. The van der Waals surface area contributed by atoms with Gasteiger partial charge in [0.05, 0.1) is 20.3 Å². The van der Waals surface area contributed by atoms with Crippen molar-refractivity contribution in [2.24, 2.45) is 0 Å². The zero-order valence-electron chi connectivity index (χ0n) is 17.0. The fourth-order valence-electron chi connectivity index (χ4n) is 3.62. The number of piperidine rings is 1. The Hall–Kier alpha value is -2.53. The quantitative estimate of drug-likeness (QED) is 0.780. The lowest BCUT2D eigenvalue weighted by Gasteiger charge is -2.26. The molecule has 1 saturated heterocycles. The van der Waals surface area contributed by atoms with E-state index in [9.17, 15) is 4.79 Å². The number of likely N-dealkylation sites (tertiary alicyclic amines) is 1. The second kappa shape index (κ2) is 9.60. The van der Waals surface area contributed by atoms with Crippen LogP contribution in [0.3, 0.4) is 0 Å². The van der Waals surface area contributed by atoms with Crippen LogP contribution in [0.1, 0.15) is 53.7 Å². The molecule has 1 atom stereocenters. The highest BCUT2D eigenvalue weighted by atomic mass is 16.5. The van der Waals surface area contributed by atoms with Crippen molar-refractivity contribution < 1.29 is 14.3 Å². The molecule has 0 aliphatic carbocycles. The molecule has 0 radical (unpaired) electrons. The molecule has 2 aromatic rings. The van der Waals surface area contributed by atoms with Gasteiger partial charge in [0.25, 0.3) is 5.91 Å². The molecule has 0 saturated carbocycles. The SMILES string of the molecule is COc1ccc([C@H](C)NC(=O)c2ccc(CN3CCCCC3)cc2)cc1OC. The molecule has 0 aromatic heterocycles. The number of carbonyl (C=O) groups excluding carboxylic acids is 1. The van der Waals surface area contributed by atoms with E-state index in [4.69, 9.17) is 9.47 Å². The van der Waals surface area contributed by atoms with Crippen LogP contribution in [0, 0.1) is 0 Å². The van der Waals surface area contributed by atoms with Crippen molar-refractivity contribution >= 4 is 5.91 Å². The van der Waals surface area contributed by atoms with Crippen LogP contribution in [0.4, 0.5) is 0 Å². The summed E-state index contributed by atoms with van der Waals surface area (Å²) in [5, 5.41) is 3.06. The van der Waals surface area contributed by atoms with Crippen molar-refractivity contribution in [1.82, 2.24) is 10.2 Å². The molecule has 1 heterocycles. The maximum Gasteiger partial charge on any atom is 0.251 e. The molecule has 2 aromatic carbocycles. The molecule has 1 aliphatic heterocycles. The van der Waals surface area contributed by atoms with Crippen LogP contribution in [0.25, 0.3) is 0 Å². The number of methoxy groups -OCH3 is 2. The normalized spacial score (nSPS) is 15.7. The van der Waals surface area contributed by atoms with Crippen LogP contribution >= 0.6 is 0 Å². The zero-order valence-corrected chi connectivity index (χ0v) is 17.0. The lowest BCUT2D eigenvalue weighted by atomic mass is 10.1. The van der Waals surface area contributed by atoms with E-state index in [1.807, 2.05) is 37.3 Å². The molecule has 1 fully saturated rings. The van der Waals surface area contributed by atoms with E-state index in [-0.39, 0.29) is 11.9 Å². The van der Waals surface area contributed by atoms with E-state index < -0.39 is 0 Å². The van der Waals surface area contributed by atoms with Gasteiger partial charge >= 0.3 is 0 Å². The summed E-state index contributed by atoms with van der Waals surface area (Å²) < 4.78 is 10.6. The van der Waals surface area contributed by atoms with Gasteiger partial charge in [-0.15, -0.1) is 0 Å². The highest BCUT2D eigenvalue weighted by Gasteiger charge is 2.15. The van der Waals surface area contributed by atoms with Gasteiger partial charge in [0.1, 0.15) is 0 Å². The highest BCUT2D eigenvalue weighted by Crippen LogP contribution is 2.30. The van der Waals surface area contributed by atoms with Gasteiger partial charge in [0.15, 0.2) is 11.5 Å². The van der Waals surface area contributed by atoms with Crippen molar-refractivity contribution in [2.75, 3.05) is 27.3 Å². The Morgan fingerprint density at radius 1 is 1.00 bits per heavy atom. The molecule has 5 heteroatoms. The first kappa shape index (κ1) is 20.2. The van der Waals surface area contributed by atoms with Gasteiger partial charge in [-0.1, -0.05) is 24.6 Å². The maximum atomic E-state index is 12.6. The lowest BCUT2D eigenvalue weighted by Crippen LogP contribution is -2.29. The monoisotopic (exact) mass is 382 g/mol. The number of hydrogen-bond acceptors (Lipinski definition) is 4. The summed E-state index contributed by atoms with van der Waals surface area (Å²) >= 11 is 0. The molecule has 1 amide bonds. The summed E-state index contributed by atoms with van der Waals surface area (Å²) in [5.41, 5.74) is 2.90. The standard InChI is InChI=1S/C23H30N2O3/c1-17(20-11-12-21(27-2)22(15-20)28-3)24-23(26)19-9-7-18(8-10-19)16-25-13-5-4-6-14-25/h7-12,15,17H,4-6,13-14,16H2,1-3H3,(H,24,26)/t17-/m0/s1. The average molecular weight is 383 g/mol. The molecule has 1 N–H and O–H groups in total. The minimum absolute atomic E-state index is 0.0770.